The molecule has 0 aromatic heterocycles. The van der Waals surface area contributed by atoms with E-state index in [9.17, 15) is 10.1 Å². The van der Waals surface area contributed by atoms with Gasteiger partial charge in [-0.25, -0.2) is 0 Å². The first-order valence-corrected chi connectivity index (χ1v) is 7.33. The largest absolute Gasteiger partial charge is 0.385 e. The lowest BCUT2D eigenvalue weighted by atomic mass is 10.1. The normalized spacial score (nSPS) is 15.4. The molecule has 5 nitrogen and oxygen atoms in total. The number of nitrogens with zero attached hydrogens (tertiary/aromatic N) is 1. The van der Waals surface area contributed by atoms with Crippen LogP contribution in [-0.4, -0.2) is 17.6 Å². The predicted octanol–water partition coefficient (Wildman–Crippen LogP) is 3.88. The molecular formula is C15H22N2O3. The number of rotatable bonds is 7. The van der Waals surface area contributed by atoms with Crippen LogP contribution in [0.4, 0.5) is 11.4 Å². The Bertz CT molecular complexity index is 456. The lowest BCUT2D eigenvalue weighted by molar-refractivity contribution is -0.384. The minimum Gasteiger partial charge on any atom is -0.385 e. The van der Waals surface area contributed by atoms with E-state index in [1.807, 2.05) is 0 Å². The summed E-state index contributed by atoms with van der Waals surface area (Å²) in [6.07, 6.45) is 5.98. The number of non-ortho nitro benzene ring substituents is 1. The molecule has 0 spiro atoms. The smallest absolute Gasteiger partial charge is 0.269 e. The van der Waals surface area contributed by atoms with Crippen molar-refractivity contribution < 1.29 is 9.66 Å². The second kappa shape index (κ2) is 7.24. The third-order valence-electron chi connectivity index (χ3n) is 3.64. The number of hydrogen-bond acceptors (Lipinski definition) is 4. The SMILES string of the molecule is CCCNc1ccc([N+](=O)[O-])cc1COC1CCCC1. The van der Waals surface area contributed by atoms with Crippen LogP contribution >= 0.6 is 0 Å². The fourth-order valence-corrected chi connectivity index (χ4v) is 2.51. The van der Waals surface area contributed by atoms with Gasteiger partial charge in [-0.3, -0.25) is 10.1 Å². The maximum Gasteiger partial charge on any atom is 0.269 e. The van der Waals surface area contributed by atoms with Crippen LogP contribution in [-0.2, 0) is 11.3 Å². The number of hydrogen-bond donors (Lipinski definition) is 1. The van der Waals surface area contributed by atoms with Gasteiger partial charge in [0.2, 0.25) is 0 Å². The van der Waals surface area contributed by atoms with Crippen LogP contribution in [0.5, 0.6) is 0 Å². The molecule has 20 heavy (non-hydrogen) atoms. The van der Waals surface area contributed by atoms with Crippen molar-refractivity contribution in [3.8, 4) is 0 Å². The Balaban J connectivity index is 2.07. The van der Waals surface area contributed by atoms with E-state index >= 15 is 0 Å². The molecule has 1 fully saturated rings. The number of anilines is 1. The van der Waals surface area contributed by atoms with Crippen molar-refractivity contribution in [2.24, 2.45) is 0 Å². The van der Waals surface area contributed by atoms with Gasteiger partial charge in [-0.2, -0.15) is 0 Å². The third-order valence-corrected chi connectivity index (χ3v) is 3.64. The van der Waals surface area contributed by atoms with Crippen LogP contribution in [0.1, 0.15) is 44.6 Å². The Hall–Kier alpha value is -1.62. The van der Waals surface area contributed by atoms with E-state index in [-0.39, 0.29) is 10.6 Å². The molecule has 0 radical (unpaired) electrons. The average molecular weight is 278 g/mol. The Kier molecular flexibility index (Phi) is 5.35. The molecule has 0 amide bonds. The minimum atomic E-state index is -0.358. The highest BCUT2D eigenvalue weighted by Gasteiger charge is 2.17. The lowest BCUT2D eigenvalue weighted by Gasteiger charge is -2.15. The van der Waals surface area contributed by atoms with E-state index in [4.69, 9.17) is 4.74 Å². The molecule has 2 rings (SSSR count). The van der Waals surface area contributed by atoms with Crippen molar-refractivity contribution in [2.75, 3.05) is 11.9 Å². The maximum absolute atomic E-state index is 10.9. The Morgan fingerprint density at radius 3 is 2.80 bits per heavy atom. The Morgan fingerprint density at radius 1 is 1.40 bits per heavy atom. The number of benzene rings is 1. The van der Waals surface area contributed by atoms with Crippen molar-refractivity contribution in [3.05, 3.63) is 33.9 Å². The van der Waals surface area contributed by atoms with Crippen LogP contribution in [0, 0.1) is 10.1 Å². The summed E-state index contributed by atoms with van der Waals surface area (Å²) < 4.78 is 5.88. The van der Waals surface area contributed by atoms with Gasteiger partial charge in [0.1, 0.15) is 0 Å². The number of nitro benzene ring substituents is 1. The zero-order valence-electron chi connectivity index (χ0n) is 11.9. The molecule has 1 aromatic rings. The van der Waals surface area contributed by atoms with Crippen LogP contribution in [0.2, 0.25) is 0 Å². The molecule has 1 aliphatic rings. The molecule has 0 heterocycles. The summed E-state index contributed by atoms with van der Waals surface area (Å²) in [7, 11) is 0. The lowest BCUT2D eigenvalue weighted by Crippen LogP contribution is -2.10. The topological polar surface area (TPSA) is 64.4 Å². The zero-order valence-corrected chi connectivity index (χ0v) is 11.9. The zero-order chi connectivity index (χ0) is 14.4. The van der Waals surface area contributed by atoms with E-state index in [0.717, 1.165) is 37.1 Å². The molecule has 0 unspecified atom stereocenters. The summed E-state index contributed by atoms with van der Waals surface area (Å²) in [6, 6.07) is 4.94. The van der Waals surface area contributed by atoms with Gasteiger partial charge in [0, 0.05) is 29.9 Å². The standard InChI is InChI=1S/C15H22N2O3/c1-2-9-16-15-8-7-13(17(18)19)10-12(15)11-20-14-5-3-4-6-14/h7-8,10,14,16H,2-6,9,11H2,1H3. The minimum absolute atomic E-state index is 0.122. The van der Waals surface area contributed by atoms with Gasteiger partial charge < -0.3 is 10.1 Å². The van der Waals surface area contributed by atoms with E-state index in [1.165, 1.54) is 18.9 Å². The highest BCUT2D eigenvalue weighted by Crippen LogP contribution is 2.26. The molecular weight excluding hydrogens is 256 g/mol. The quantitative estimate of drug-likeness (QED) is 0.607. The third kappa shape index (κ3) is 3.93. The van der Waals surface area contributed by atoms with Gasteiger partial charge in [-0.15, -0.1) is 0 Å². The molecule has 1 aliphatic carbocycles. The second-order valence-corrected chi connectivity index (χ2v) is 5.24. The van der Waals surface area contributed by atoms with Gasteiger partial charge in [-0.05, 0) is 25.3 Å². The summed E-state index contributed by atoms with van der Waals surface area (Å²) in [6.45, 7) is 3.39. The van der Waals surface area contributed by atoms with Crippen LogP contribution in [0.3, 0.4) is 0 Å². The second-order valence-electron chi connectivity index (χ2n) is 5.24. The summed E-state index contributed by atoms with van der Waals surface area (Å²) >= 11 is 0. The number of nitrogens with one attached hydrogen (secondary N) is 1. The van der Waals surface area contributed by atoms with E-state index in [1.54, 1.807) is 12.1 Å². The first kappa shape index (κ1) is 14.8. The molecule has 1 N–H and O–H groups in total. The average Bonchev–Trinajstić information content (AvgIpc) is 2.96. The van der Waals surface area contributed by atoms with E-state index in [0.29, 0.717) is 12.7 Å². The Morgan fingerprint density at radius 2 is 2.15 bits per heavy atom. The Labute approximate surface area is 119 Å². The van der Waals surface area contributed by atoms with E-state index < -0.39 is 0 Å². The highest BCUT2D eigenvalue weighted by atomic mass is 16.6. The first-order valence-electron chi connectivity index (χ1n) is 7.33. The van der Waals surface area contributed by atoms with Gasteiger partial charge in [-0.1, -0.05) is 19.8 Å². The highest BCUT2D eigenvalue weighted by molar-refractivity contribution is 5.55. The molecule has 5 heteroatoms. The first-order chi connectivity index (χ1) is 9.70. The van der Waals surface area contributed by atoms with Crippen molar-refractivity contribution in [1.82, 2.24) is 0 Å². The van der Waals surface area contributed by atoms with Crippen LogP contribution in [0.25, 0.3) is 0 Å². The van der Waals surface area contributed by atoms with Crippen LogP contribution in [0.15, 0.2) is 18.2 Å². The van der Waals surface area contributed by atoms with Gasteiger partial charge in [0.15, 0.2) is 0 Å². The number of ether oxygens (including phenoxy) is 1. The van der Waals surface area contributed by atoms with Gasteiger partial charge in [0.05, 0.1) is 17.6 Å². The molecule has 0 aliphatic heterocycles. The molecule has 0 saturated heterocycles. The molecule has 0 atom stereocenters. The van der Waals surface area contributed by atoms with E-state index in [2.05, 4.69) is 12.2 Å². The summed E-state index contributed by atoms with van der Waals surface area (Å²) in [5, 5.41) is 14.2. The molecule has 110 valence electrons. The fourth-order valence-electron chi connectivity index (χ4n) is 2.51. The molecule has 0 bridgehead atoms. The van der Waals surface area contributed by atoms with Crippen molar-refractivity contribution in [3.63, 3.8) is 0 Å². The maximum atomic E-state index is 10.9. The molecule has 1 aromatic carbocycles. The predicted molar refractivity (Wildman–Crippen MR) is 78.9 cm³/mol. The summed E-state index contributed by atoms with van der Waals surface area (Å²) in [5.41, 5.74) is 1.94. The van der Waals surface area contributed by atoms with Gasteiger partial charge in [0.25, 0.3) is 5.69 Å². The molecule has 1 saturated carbocycles. The summed E-state index contributed by atoms with van der Waals surface area (Å²) in [5.74, 6) is 0. The van der Waals surface area contributed by atoms with Crippen molar-refractivity contribution in [1.29, 1.82) is 0 Å². The monoisotopic (exact) mass is 278 g/mol. The summed E-state index contributed by atoms with van der Waals surface area (Å²) in [4.78, 5) is 10.5. The number of nitro groups is 1. The van der Waals surface area contributed by atoms with Crippen molar-refractivity contribution >= 4 is 11.4 Å². The van der Waals surface area contributed by atoms with Crippen molar-refractivity contribution in [2.45, 2.75) is 51.7 Å². The fraction of sp³-hybridized carbons (Fsp3) is 0.600. The van der Waals surface area contributed by atoms with Gasteiger partial charge >= 0.3 is 0 Å². The van der Waals surface area contributed by atoms with Crippen LogP contribution < -0.4 is 5.32 Å².